The van der Waals surface area contributed by atoms with Gasteiger partial charge in [-0.3, -0.25) is 4.79 Å². The molecule has 2 heterocycles. The third-order valence-corrected chi connectivity index (χ3v) is 5.39. The average Bonchev–Trinajstić information content (AvgIpc) is 3.25. The molecule has 136 valence electrons. The van der Waals surface area contributed by atoms with E-state index in [1.54, 1.807) is 23.3 Å². The molecule has 0 unspecified atom stereocenters. The molecule has 0 saturated carbocycles. The highest BCUT2D eigenvalue weighted by atomic mass is 32.1. The van der Waals surface area contributed by atoms with Crippen molar-refractivity contribution in [3.63, 3.8) is 0 Å². The number of para-hydroxylation sites is 1. The normalized spacial score (nSPS) is 11.0. The molecule has 2 aromatic carbocycles. The molecule has 5 nitrogen and oxygen atoms in total. The number of nitrogens with zero attached hydrogens (tertiary/aromatic N) is 3. The first-order chi connectivity index (χ1) is 13.1. The molecule has 0 aliphatic carbocycles. The van der Waals surface area contributed by atoms with E-state index in [1.807, 2.05) is 61.5 Å². The Labute approximate surface area is 161 Å². The van der Waals surface area contributed by atoms with Gasteiger partial charge in [-0.15, -0.1) is 11.3 Å². The number of hydrogen-bond donors (Lipinski definition) is 0. The minimum absolute atomic E-state index is 0.00901. The van der Waals surface area contributed by atoms with E-state index < -0.39 is 0 Å². The molecule has 27 heavy (non-hydrogen) atoms. The smallest absolute Gasteiger partial charge is 0.228 e. The van der Waals surface area contributed by atoms with Crippen molar-refractivity contribution in [1.29, 1.82) is 0 Å². The topological polar surface area (TPSA) is 59.2 Å². The third-order valence-electron chi connectivity index (χ3n) is 4.37. The number of oxazole rings is 1. The van der Waals surface area contributed by atoms with Crippen LogP contribution in [-0.2, 0) is 17.8 Å². The molecule has 0 saturated heterocycles. The fraction of sp³-hybridized carbons (Fsp3) is 0.190. The molecule has 0 aliphatic rings. The van der Waals surface area contributed by atoms with Crippen molar-refractivity contribution in [3.8, 4) is 11.5 Å². The summed E-state index contributed by atoms with van der Waals surface area (Å²) in [6.45, 7) is 2.33. The summed E-state index contributed by atoms with van der Waals surface area (Å²) in [4.78, 5) is 23.5. The lowest BCUT2D eigenvalue weighted by atomic mass is 10.2. The van der Waals surface area contributed by atoms with Crippen LogP contribution >= 0.6 is 11.3 Å². The maximum Gasteiger partial charge on any atom is 0.228 e. The van der Waals surface area contributed by atoms with E-state index in [0.717, 1.165) is 20.8 Å². The number of benzene rings is 2. The van der Waals surface area contributed by atoms with Gasteiger partial charge in [-0.25, -0.2) is 9.97 Å². The van der Waals surface area contributed by atoms with Gasteiger partial charge in [-0.05, 0) is 31.2 Å². The van der Waals surface area contributed by atoms with Gasteiger partial charge in [0.1, 0.15) is 10.8 Å². The van der Waals surface area contributed by atoms with Crippen LogP contribution in [0.3, 0.4) is 0 Å². The van der Waals surface area contributed by atoms with E-state index in [2.05, 4.69) is 9.97 Å². The minimum Gasteiger partial charge on any atom is -0.441 e. The van der Waals surface area contributed by atoms with Crippen molar-refractivity contribution in [2.75, 3.05) is 7.05 Å². The van der Waals surface area contributed by atoms with E-state index in [-0.39, 0.29) is 12.3 Å². The molecule has 1 amide bonds. The van der Waals surface area contributed by atoms with Crippen molar-refractivity contribution in [2.45, 2.75) is 19.9 Å². The quantitative estimate of drug-likeness (QED) is 0.515. The minimum atomic E-state index is -0.00901. The Morgan fingerprint density at radius 2 is 1.81 bits per heavy atom. The number of amides is 1. The van der Waals surface area contributed by atoms with Gasteiger partial charge in [-0.2, -0.15) is 0 Å². The van der Waals surface area contributed by atoms with Gasteiger partial charge >= 0.3 is 0 Å². The lowest BCUT2D eigenvalue weighted by molar-refractivity contribution is -0.129. The van der Waals surface area contributed by atoms with Gasteiger partial charge in [-0.1, -0.05) is 30.3 Å². The van der Waals surface area contributed by atoms with Gasteiger partial charge in [0.25, 0.3) is 0 Å². The van der Waals surface area contributed by atoms with Crippen LogP contribution in [0.4, 0.5) is 0 Å². The van der Waals surface area contributed by atoms with Crippen LogP contribution < -0.4 is 0 Å². The summed E-state index contributed by atoms with van der Waals surface area (Å²) < 4.78 is 6.88. The number of likely N-dealkylation sites (N-methyl/N-ethyl adjacent to an activating group) is 1. The number of hydrogen-bond acceptors (Lipinski definition) is 5. The first kappa shape index (κ1) is 17.4. The van der Waals surface area contributed by atoms with Crippen molar-refractivity contribution >= 4 is 27.5 Å². The Balaban J connectivity index is 1.46. The standard InChI is InChI=1S/C21H19N3O2S/c1-14-17(23-21(26-14)15-8-4-3-5-9-15)12-20(25)24(2)13-19-22-16-10-6-7-11-18(16)27-19/h3-11H,12-13H2,1-2H3. The Kier molecular flexibility index (Phi) is 4.73. The third kappa shape index (κ3) is 3.75. The molecule has 0 spiro atoms. The van der Waals surface area contributed by atoms with Crippen molar-refractivity contribution < 1.29 is 9.21 Å². The average molecular weight is 377 g/mol. The number of carbonyl (C=O) groups is 1. The fourth-order valence-electron chi connectivity index (χ4n) is 2.85. The van der Waals surface area contributed by atoms with E-state index in [0.29, 0.717) is 23.9 Å². The van der Waals surface area contributed by atoms with Crippen LogP contribution in [0.2, 0.25) is 0 Å². The second-order valence-electron chi connectivity index (χ2n) is 6.39. The van der Waals surface area contributed by atoms with Gasteiger partial charge in [0.15, 0.2) is 0 Å². The zero-order valence-electron chi connectivity index (χ0n) is 15.2. The molecule has 0 bridgehead atoms. The molecule has 0 radical (unpaired) electrons. The number of aryl methyl sites for hydroxylation is 1. The van der Waals surface area contributed by atoms with E-state index in [1.165, 1.54) is 0 Å². The monoisotopic (exact) mass is 377 g/mol. The van der Waals surface area contributed by atoms with Crippen LogP contribution in [0.1, 0.15) is 16.5 Å². The SMILES string of the molecule is Cc1oc(-c2ccccc2)nc1CC(=O)N(C)Cc1nc2ccccc2s1. The highest BCUT2D eigenvalue weighted by Crippen LogP contribution is 2.24. The van der Waals surface area contributed by atoms with Crippen LogP contribution in [0.5, 0.6) is 0 Å². The largest absolute Gasteiger partial charge is 0.441 e. The number of aromatic nitrogens is 2. The zero-order chi connectivity index (χ0) is 18.8. The summed E-state index contributed by atoms with van der Waals surface area (Å²) >= 11 is 1.61. The molecule has 4 rings (SSSR count). The first-order valence-electron chi connectivity index (χ1n) is 8.70. The van der Waals surface area contributed by atoms with Crippen molar-refractivity contribution in [1.82, 2.24) is 14.9 Å². The molecule has 4 aromatic rings. The molecular weight excluding hydrogens is 358 g/mol. The second-order valence-corrected chi connectivity index (χ2v) is 7.51. The predicted octanol–water partition coefficient (Wildman–Crippen LogP) is 4.46. The van der Waals surface area contributed by atoms with Crippen LogP contribution in [-0.4, -0.2) is 27.8 Å². The number of fused-ring (bicyclic) bond motifs is 1. The van der Waals surface area contributed by atoms with Crippen LogP contribution in [0.15, 0.2) is 59.0 Å². The highest BCUT2D eigenvalue weighted by molar-refractivity contribution is 7.18. The Morgan fingerprint density at radius 1 is 1.07 bits per heavy atom. The molecule has 6 heteroatoms. The zero-order valence-corrected chi connectivity index (χ0v) is 16.0. The lowest BCUT2D eigenvalue weighted by Gasteiger charge is -2.14. The maximum atomic E-state index is 12.7. The fourth-order valence-corrected chi connectivity index (χ4v) is 3.87. The molecule has 2 aromatic heterocycles. The van der Waals surface area contributed by atoms with E-state index >= 15 is 0 Å². The first-order valence-corrected chi connectivity index (χ1v) is 9.52. The Bertz CT molecular complexity index is 1050. The summed E-state index contributed by atoms with van der Waals surface area (Å²) in [5, 5.41) is 0.925. The Hall–Kier alpha value is -2.99. The van der Waals surface area contributed by atoms with Crippen molar-refractivity contribution in [3.05, 3.63) is 71.1 Å². The van der Waals surface area contributed by atoms with E-state index in [9.17, 15) is 4.79 Å². The molecule has 0 aliphatic heterocycles. The van der Waals surface area contributed by atoms with Gasteiger partial charge in [0.2, 0.25) is 11.8 Å². The number of rotatable bonds is 5. The lowest BCUT2D eigenvalue weighted by Crippen LogP contribution is -2.28. The predicted molar refractivity (Wildman–Crippen MR) is 106 cm³/mol. The molecule has 0 atom stereocenters. The van der Waals surface area contributed by atoms with E-state index in [4.69, 9.17) is 4.42 Å². The van der Waals surface area contributed by atoms with Crippen molar-refractivity contribution in [2.24, 2.45) is 0 Å². The van der Waals surface area contributed by atoms with Crippen LogP contribution in [0, 0.1) is 6.92 Å². The van der Waals surface area contributed by atoms with Gasteiger partial charge < -0.3 is 9.32 Å². The summed E-state index contributed by atoms with van der Waals surface area (Å²) in [7, 11) is 1.79. The Morgan fingerprint density at radius 3 is 2.59 bits per heavy atom. The number of thiazole rings is 1. The van der Waals surface area contributed by atoms with Gasteiger partial charge in [0.05, 0.1) is 28.9 Å². The summed E-state index contributed by atoms with van der Waals surface area (Å²) in [5.74, 6) is 1.21. The maximum absolute atomic E-state index is 12.7. The molecule has 0 fully saturated rings. The highest BCUT2D eigenvalue weighted by Gasteiger charge is 2.18. The van der Waals surface area contributed by atoms with Gasteiger partial charge in [0, 0.05) is 12.6 Å². The molecule has 0 N–H and O–H groups in total. The summed E-state index contributed by atoms with van der Waals surface area (Å²) in [6, 6.07) is 17.7. The second kappa shape index (κ2) is 7.32. The van der Waals surface area contributed by atoms with Crippen LogP contribution in [0.25, 0.3) is 21.7 Å². The summed E-state index contributed by atoms with van der Waals surface area (Å²) in [6.07, 6.45) is 0.212. The summed E-state index contributed by atoms with van der Waals surface area (Å²) in [5.41, 5.74) is 2.55. The molecular formula is C21H19N3O2S. The number of carbonyl (C=O) groups excluding carboxylic acids is 1.